The number of fused-ring (bicyclic) bond motifs is 1. The zero-order chi connectivity index (χ0) is 22.8. The third-order valence-electron chi connectivity index (χ3n) is 4.98. The Kier molecular flexibility index (Phi) is 6.50. The highest BCUT2D eigenvalue weighted by Gasteiger charge is 2.30. The largest absolute Gasteiger partial charge is 0.468 e. The number of hydrogen-bond acceptors (Lipinski definition) is 6. The first-order valence-corrected chi connectivity index (χ1v) is 10.2. The molecule has 2 aromatic rings. The summed E-state index contributed by atoms with van der Waals surface area (Å²) < 4.78 is 12.4. The number of nitrogens with one attached hydrogen (secondary N) is 1. The number of anilines is 1. The Morgan fingerprint density at radius 2 is 2.03 bits per heavy atom. The summed E-state index contributed by atoms with van der Waals surface area (Å²) in [6, 6.07) is 5.01. The van der Waals surface area contributed by atoms with Crippen LogP contribution in [0.5, 0.6) is 0 Å². The SMILES string of the molecule is CNC(C(=O)OC)c1ccc2c(c1)/C(=C/c1cn(C)cn1)CCN2C(=O)OC(C)(C)C. The minimum atomic E-state index is -0.608. The number of aryl methyl sites for hydroxylation is 1. The predicted molar refractivity (Wildman–Crippen MR) is 120 cm³/mol. The van der Waals surface area contributed by atoms with Gasteiger partial charge in [0.05, 0.1) is 24.8 Å². The van der Waals surface area contributed by atoms with Gasteiger partial charge < -0.3 is 19.4 Å². The van der Waals surface area contributed by atoms with E-state index in [4.69, 9.17) is 9.47 Å². The highest BCUT2D eigenvalue weighted by atomic mass is 16.6. The third-order valence-corrected chi connectivity index (χ3v) is 4.98. The fraction of sp³-hybridized carbons (Fsp3) is 0.435. The number of likely N-dealkylation sites (N-methyl/N-ethyl adjacent to an activating group) is 1. The van der Waals surface area contributed by atoms with Crippen molar-refractivity contribution >= 4 is 29.4 Å². The number of ether oxygens (including phenoxy) is 2. The number of methoxy groups -OCH3 is 1. The maximum Gasteiger partial charge on any atom is 0.414 e. The summed E-state index contributed by atoms with van der Waals surface area (Å²) in [6.07, 6.45) is 5.93. The minimum Gasteiger partial charge on any atom is -0.468 e. The number of esters is 1. The predicted octanol–water partition coefficient (Wildman–Crippen LogP) is 3.54. The Hall–Kier alpha value is -3.13. The first kappa shape index (κ1) is 22.6. The van der Waals surface area contributed by atoms with Gasteiger partial charge in [-0.25, -0.2) is 14.6 Å². The molecular formula is C23H30N4O4. The molecular weight excluding hydrogens is 396 g/mol. The second-order valence-electron chi connectivity index (χ2n) is 8.54. The maximum absolute atomic E-state index is 12.9. The summed E-state index contributed by atoms with van der Waals surface area (Å²) in [5, 5.41) is 2.99. The number of rotatable bonds is 4. The van der Waals surface area contributed by atoms with E-state index >= 15 is 0 Å². The lowest BCUT2D eigenvalue weighted by Crippen LogP contribution is -2.39. The summed E-state index contributed by atoms with van der Waals surface area (Å²) >= 11 is 0. The second kappa shape index (κ2) is 8.93. The zero-order valence-electron chi connectivity index (χ0n) is 18.9. The number of aromatic nitrogens is 2. The van der Waals surface area contributed by atoms with E-state index in [1.165, 1.54) is 7.11 Å². The molecule has 1 aromatic carbocycles. The van der Waals surface area contributed by atoms with Crippen LogP contribution >= 0.6 is 0 Å². The Morgan fingerprint density at radius 1 is 1.29 bits per heavy atom. The highest BCUT2D eigenvalue weighted by molar-refractivity contribution is 5.98. The summed E-state index contributed by atoms with van der Waals surface area (Å²) in [5.74, 6) is -0.377. The molecule has 1 aliphatic heterocycles. The van der Waals surface area contributed by atoms with Crippen molar-refractivity contribution in [2.75, 3.05) is 25.6 Å². The molecule has 3 rings (SSSR count). The van der Waals surface area contributed by atoms with Crippen LogP contribution in [-0.4, -0.2) is 47.9 Å². The van der Waals surface area contributed by atoms with Crippen LogP contribution in [0.1, 0.15) is 50.1 Å². The van der Waals surface area contributed by atoms with Gasteiger partial charge in [0.15, 0.2) is 0 Å². The van der Waals surface area contributed by atoms with Gasteiger partial charge in [-0.3, -0.25) is 4.90 Å². The number of benzene rings is 1. The smallest absolute Gasteiger partial charge is 0.414 e. The minimum absolute atomic E-state index is 0.377. The number of carbonyl (C=O) groups is 2. The van der Waals surface area contributed by atoms with Gasteiger partial charge in [-0.1, -0.05) is 6.07 Å². The number of nitrogens with zero attached hydrogens (tertiary/aromatic N) is 3. The van der Waals surface area contributed by atoms with Gasteiger partial charge in [0.2, 0.25) is 0 Å². The lowest BCUT2D eigenvalue weighted by molar-refractivity contribution is -0.143. The molecule has 8 nitrogen and oxygen atoms in total. The molecule has 0 saturated heterocycles. The average molecular weight is 427 g/mol. The van der Waals surface area contributed by atoms with E-state index in [2.05, 4.69) is 10.3 Å². The van der Waals surface area contributed by atoms with Crippen LogP contribution in [0.15, 0.2) is 30.7 Å². The normalized spacial score (nSPS) is 16.1. The molecule has 1 aromatic heterocycles. The lowest BCUT2D eigenvalue weighted by atomic mass is 9.91. The Bertz CT molecular complexity index is 1000. The van der Waals surface area contributed by atoms with Gasteiger partial charge in [-0.05, 0) is 63.6 Å². The molecule has 0 fully saturated rings. The molecule has 0 bridgehead atoms. The van der Waals surface area contributed by atoms with Crippen molar-refractivity contribution in [2.24, 2.45) is 7.05 Å². The van der Waals surface area contributed by atoms with Crippen LogP contribution in [-0.2, 0) is 21.3 Å². The molecule has 1 aliphatic rings. The molecule has 1 amide bonds. The van der Waals surface area contributed by atoms with Crippen LogP contribution in [0.4, 0.5) is 10.5 Å². The standard InChI is InChI=1S/C23H30N4O4/c1-23(2,3)31-22(29)27-10-9-15(11-17-13-26(5)14-25-17)18-12-16(7-8-19(18)27)20(24-4)21(28)30-6/h7-8,11-14,20,24H,9-10H2,1-6H3/b15-11+. The zero-order valence-corrected chi connectivity index (χ0v) is 18.9. The van der Waals surface area contributed by atoms with Crippen molar-refractivity contribution in [1.29, 1.82) is 0 Å². The van der Waals surface area contributed by atoms with Gasteiger partial charge in [0.25, 0.3) is 0 Å². The molecule has 0 saturated carbocycles. The third kappa shape index (κ3) is 5.14. The summed E-state index contributed by atoms with van der Waals surface area (Å²) in [7, 11) is 4.99. The molecule has 0 radical (unpaired) electrons. The van der Waals surface area contributed by atoms with Gasteiger partial charge in [0, 0.05) is 25.4 Å². The van der Waals surface area contributed by atoms with Crippen molar-refractivity contribution in [3.05, 3.63) is 47.5 Å². The number of amides is 1. The number of hydrogen-bond donors (Lipinski definition) is 1. The first-order chi connectivity index (χ1) is 14.6. The average Bonchev–Trinajstić information content (AvgIpc) is 3.11. The summed E-state index contributed by atoms with van der Waals surface area (Å²) in [4.78, 5) is 31.1. The molecule has 1 N–H and O–H groups in total. The molecule has 1 unspecified atom stereocenters. The van der Waals surface area contributed by atoms with Crippen LogP contribution in [0, 0.1) is 0 Å². The van der Waals surface area contributed by atoms with Crippen LogP contribution in [0.25, 0.3) is 11.6 Å². The van der Waals surface area contributed by atoms with E-state index in [-0.39, 0.29) is 5.97 Å². The van der Waals surface area contributed by atoms with Crippen LogP contribution in [0.2, 0.25) is 0 Å². The van der Waals surface area contributed by atoms with Gasteiger partial charge in [-0.2, -0.15) is 0 Å². The Balaban J connectivity index is 2.08. The van der Waals surface area contributed by atoms with Crippen molar-refractivity contribution in [3.8, 4) is 0 Å². The van der Waals surface area contributed by atoms with E-state index < -0.39 is 17.7 Å². The molecule has 31 heavy (non-hydrogen) atoms. The summed E-state index contributed by atoms with van der Waals surface area (Å²) in [5.41, 5.74) is 3.64. The number of imidazole rings is 1. The molecule has 0 aliphatic carbocycles. The van der Waals surface area contributed by atoms with Crippen molar-refractivity contribution in [1.82, 2.24) is 14.9 Å². The fourth-order valence-electron chi connectivity index (χ4n) is 3.59. The molecule has 166 valence electrons. The second-order valence-corrected chi connectivity index (χ2v) is 8.54. The molecule has 2 heterocycles. The van der Waals surface area contributed by atoms with Gasteiger partial charge >= 0.3 is 12.1 Å². The quantitative estimate of drug-likeness (QED) is 0.753. The van der Waals surface area contributed by atoms with E-state index in [0.717, 1.165) is 28.1 Å². The Labute approximate surface area is 182 Å². The monoisotopic (exact) mass is 426 g/mol. The van der Waals surface area contributed by atoms with E-state index in [0.29, 0.717) is 13.0 Å². The lowest BCUT2D eigenvalue weighted by Gasteiger charge is -2.33. The van der Waals surface area contributed by atoms with Gasteiger partial charge in [0.1, 0.15) is 11.6 Å². The van der Waals surface area contributed by atoms with Gasteiger partial charge in [-0.15, -0.1) is 0 Å². The molecule has 8 heteroatoms. The topological polar surface area (TPSA) is 85.7 Å². The van der Waals surface area contributed by atoms with Crippen molar-refractivity contribution in [3.63, 3.8) is 0 Å². The van der Waals surface area contributed by atoms with E-state index in [1.54, 1.807) is 18.3 Å². The van der Waals surface area contributed by atoms with Crippen LogP contribution < -0.4 is 10.2 Å². The van der Waals surface area contributed by atoms with Crippen molar-refractivity contribution in [2.45, 2.75) is 38.8 Å². The molecule has 0 spiro atoms. The maximum atomic E-state index is 12.9. The van der Waals surface area contributed by atoms with E-state index in [1.807, 2.05) is 62.9 Å². The summed E-state index contributed by atoms with van der Waals surface area (Å²) in [6.45, 7) is 6.03. The van der Waals surface area contributed by atoms with E-state index in [9.17, 15) is 9.59 Å². The number of carbonyl (C=O) groups excluding carboxylic acids is 2. The Morgan fingerprint density at radius 3 is 2.61 bits per heavy atom. The fourth-order valence-corrected chi connectivity index (χ4v) is 3.59. The highest BCUT2D eigenvalue weighted by Crippen LogP contribution is 2.38. The van der Waals surface area contributed by atoms with Crippen LogP contribution in [0.3, 0.4) is 0 Å². The first-order valence-electron chi connectivity index (χ1n) is 10.2. The molecule has 1 atom stereocenters. The van der Waals surface area contributed by atoms with Crippen molar-refractivity contribution < 1.29 is 19.1 Å².